The SMILES string of the molecule is COc1ccc(-c2nnc(C)n2C2CNC2)cc1. The highest BCUT2D eigenvalue weighted by molar-refractivity contribution is 5.57. The molecular formula is C13H16N4O. The van der Waals surface area contributed by atoms with E-state index in [2.05, 4.69) is 20.1 Å². The summed E-state index contributed by atoms with van der Waals surface area (Å²) < 4.78 is 7.37. The van der Waals surface area contributed by atoms with E-state index in [1.165, 1.54) is 0 Å². The van der Waals surface area contributed by atoms with Crippen molar-refractivity contribution in [1.82, 2.24) is 20.1 Å². The standard InChI is InChI=1S/C13H16N4O/c1-9-15-16-13(17(9)11-7-14-8-11)10-3-5-12(18-2)6-4-10/h3-6,11,14H,7-8H2,1-2H3. The third-order valence-electron chi connectivity index (χ3n) is 3.34. The van der Waals surface area contributed by atoms with Gasteiger partial charge in [-0.1, -0.05) is 0 Å². The van der Waals surface area contributed by atoms with Crippen LogP contribution in [0.25, 0.3) is 11.4 Å². The van der Waals surface area contributed by atoms with Gasteiger partial charge in [0.1, 0.15) is 11.6 Å². The van der Waals surface area contributed by atoms with Crippen LogP contribution in [0.4, 0.5) is 0 Å². The van der Waals surface area contributed by atoms with Crippen LogP contribution in [-0.4, -0.2) is 35.0 Å². The minimum Gasteiger partial charge on any atom is -0.497 e. The Balaban J connectivity index is 1.99. The first-order chi connectivity index (χ1) is 8.79. The molecule has 0 amide bonds. The summed E-state index contributed by atoms with van der Waals surface area (Å²) in [5, 5.41) is 11.8. The quantitative estimate of drug-likeness (QED) is 0.887. The van der Waals surface area contributed by atoms with Crippen molar-refractivity contribution in [2.45, 2.75) is 13.0 Å². The van der Waals surface area contributed by atoms with Gasteiger partial charge in [0.15, 0.2) is 5.82 Å². The topological polar surface area (TPSA) is 52.0 Å². The number of aromatic nitrogens is 3. The zero-order chi connectivity index (χ0) is 12.5. The fourth-order valence-corrected chi connectivity index (χ4v) is 2.20. The number of aryl methyl sites for hydroxylation is 1. The summed E-state index contributed by atoms with van der Waals surface area (Å²) in [6, 6.07) is 8.40. The summed E-state index contributed by atoms with van der Waals surface area (Å²) in [6.07, 6.45) is 0. The lowest BCUT2D eigenvalue weighted by atomic mass is 10.1. The molecule has 0 aliphatic carbocycles. The Kier molecular flexibility index (Phi) is 2.76. The zero-order valence-corrected chi connectivity index (χ0v) is 10.6. The largest absolute Gasteiger partial charge is 0.497 e. The molecule has 3 rings (SSSR count). The van der Waals surface area contributed by atoms with Crippen molar-refractivity contribution in [1.29, 1.82) is 0 Å². The molecule has 1 aromatic heterocycles. The van der Waals surface area contributed by atoms with Crippen LogP contribution >= 0.6 is 0 Å². The number of rotatable bonds is 3. The number of methoxy groups -OCH3 is 1. The molecule has 1 N–H and O–H groups in total. The van der Waals surface area contributed by atoms with Crippen LogP contribution in [0.5, 0.6) is 5.75 Å². The average Bonchev–Trinajstić information content (AvgIpc) is 2.70. The fraction of sp³-hybridized carbons (Fsp3) is 0.385. The molecule has 5 heteroatoms. The first-order valence-electron chi connectivity index (χ1n) is 6.06. The summed E-state index contributed by atoms with van der Waals surface area (Å²) in [5.74, 6) is 2.75. The first kappa shape index (κ1) is 11.2. The molecule has 1 aliphatic rings. The van der Waals surface area contributed by atoms with Gasteiger partial charge in [0, 0.05) is 18.7 Å². The molecule has 94 valence electrons. The summed E-state index contributed by atoms with van der Waals surface area (Å²) in [6.45, 7) is 3.97. The summed E-state index contributed by atoms with van der Waals surface area (Å²) in [5.41, 5.74) is 1.07. The lowest BCUT2D eigenvalue weighted by Gasteiger charge is -2.30. The maximum atomic E-state index is 5.17. The van der Waals surface area contributed by atoms with E-state index in [9.17, 15) is 0 Å². The van der Waals surface area contributed by atoms with E-state index in [-0.39, 0.29) is 0 Å². The van der Waals surface area contributed by atoms with Gasteiger partial charge in [-0.3, -0.25) is 0 Å². The molecule has 0 spiro atoms. The summed E-state index contributed by atoms with van der Waals surface area (Å²) in [7, 11) is 1.67. The highest BCUT2D eigenvalue weighted by Crippen LogP contribution is 2.25. The van der Waals surface area contributed by atoms with Crippen molar-refractivity contribution in [2.75, 3.05) is 20.2 Å². The summed E-state index contributed by atoms with van der Waals surface area (Å²) >= 11 is 0. The summed E-state index contributed by atoms with van der Waals surface area (Å²) in [4.78, 5) is 0. The van der Waals surface area contributed by atoms with E-state index in [4.69, 9.17) is 4.74 Å². The molecule has 1 saturated heterocycles. The number of ether oxygens (including phenoxy) is 1. The molecule has 0 saturated carbocycles. The third kappa shape index (κ3) is 1.76. The maximum Gasteiger partial charge on any atom is 0.164 e. The molecule has 1 aliphatic heterocycles. The van der Waals surface area contributed by atoms with Gasteiger partial charge >= 0.3 is 0 Å². The Labute approximate surface area is 106 Å². The first-order valence-corrected chi connectivity index (χ1v) is 6.06. The highest BCUT2D eigenvalue weighted by Gasteiger charge is 2.24. The number of nitrogens with one attached hydrogen (secondary N) is 1. The van der Waals surface area contributed by atoms with Crippen molar-refractivity contribution in [3.63, 3.8) is 0 Å². The molecule has 18 heavy (non-hydrogen) atoms. The van der Waals surface area contributed by atoms with Crippen LogP contribution in [0.1, 0.15) is 11.9 Å². The monoisotopic (exact) mass is 244 g/mol. The normalized spacial score (nSPS) is 15.4. The van der Waals surface area contributed by atoms with E-state index < -0.39 is 0 Å². The predicted molar refractivity (Wildman–Crippen MR) is 68.7 cm³/mol. The van der Waals surface area contributed by atoms with Crippen LogP contribution in [0, 0.1) is 6.92 Å². The van der Waals surface area contributed by atoms with Crippen molar-refractivity contribution >= 4 is 0 Å². The molecule has 1 fully saturated rings. The molecule has 0 unspecified atom stereocenters. The van der Waals surface area contributed by atoms with E-state index >= 15 is 0 Å². The van der Waals surface area contributed by atoms with Gasteiger partial charge in [-0.05, 0) is 31.2 Å². The van der Waals surface area contributed by atoms with E-state index in [1.54, 1.807) is 7.11 Å². The Morgan fingerprint density at radius 2 is 1.94 bits per heavy atom. The number of hydrogen-bond donors (Lipinski definition) is 1. The van der Waals surface area contributed by atoms with Crippen molar-refractivity contribution < 1.29 is 4.74 Å². The van der Waals surface area contributed by atoms with Gasteiger partial charge in [0.2, 0.25) is 0 Å². The molecule has 1 aromatic carbocycles. The lowest BCUT2D eigenvalue weighted by Crippen LogP contribution is -2.44. The van der Waals surface area contributed by atoms with Gasteiger partial charge in [0.05, 0.1) is 13.2 Å². The van der Waals surface area contributed by atoms with Crippen molar-refractivity contribution in [2.24, 2.45) is 0 Å². The molecule has 2 aromatic rings. The van der Waals surface area contributed by atoms with Gasteiger partial charge in [-0.2, -0.15) is 0 Å². The minimum absolute atomic E-state index is 0.470. The van der Waals surface area contributed by atoms with Gasteiger partial charge in [-0.25, -0.2) is 0 Å². The van der Waals surface area contributed by atoms with E-state index in [0.29, 0.717) is 6.04 Å². The smallest absolute Gasteiger partial charge is 0.164 e. The number of benzene rings is 1. The predicted octanol–water partition coefficient (Wildman–Crippen LogP) is 1.41. The molecule has 0 atom stereocenters. The van der Waals surface area contributed by atoms with E-state index in [0.717, 1.165) is 36.1 Å². The van der Waals surface area contributed by atoms with Gasteiger partial charge < -0.3 is 14.6 Å². The van der Waals surface area contributed by atoms with Gasteiger partial charge in [-0.15, -0.1) is 10.2 Å². The number of hydrogen-bond acceptors (Lipinski definition) is 4. The third-order valence-corrected chi connectivity index (χ3v) is 3.34. The zero-order valence-electron chi connectivity index (χ0n) is 10.6. The van der Waals surface area contributed by atoms with Gasteiger partial charge in [0.25, 0.3) is 0 Å². The number of nitrogens with zero attached hydrogens (tertiary/aromatic N) is 3. The molecular weight excluding hydrogens is 228 g/mol. The van der Waals surface area contributed by atoms with E-state index in [1.807, 2.05) is 31.2 Å². The Morgan fingerprint density at radius 1 is 1.22 bits per heavy atom. The minimum atomic E-state index is 0.470. The van der Waals surface area contributed by atoms with Crippen LogP contribution in [-0.2, 0) is 0 Å². The second kappa shape index (κ2) is 4.42. The molecule has 0 bridgehead atoms. The Bertz CT molecular complexity index is 543. The Hall–Kier alpha value is -1.88. The molecule has 2 heterocycles. The average molecular weight is 244 g/mol. The van der Waals surface area contributed by atoms with Crippen molar-refractivity contribution in [3.8, 4) is 17.1 Å². The van der Waals surface area contributed by atoms with Crippen LogP contribution < -0.4 is 10.1 Å². The Morgan fingerprint density at radius 3 is 2.50 bits per heavy atom. The van der Waals surface area contributed by atoms with Crippen LogP contribution in [0.15, 0.2) is 24.3 Å². The van der Waals surface area contributed by atoms with Crippen molar-refractivity contribution in [3.05, 3.63) is 30.1 Å². The van der Waals surface area contributed by atoms with Crippen LogP contribution in [0.3, 0.4) is 0 Å². The molecule has 5 nitrogen and oxygen atoms in total. The van der Waals surface area contributed by atoms with Crippen LogP contribution in [0.2, 0.25) is 0 Å². The lowest BCUT2D eigenvalue weighted by molar-refractivity contribution is 0.340. The fourth-order valence-electron chi connectivity index (χ4n) is 2.20. The second-order valence-electron chi connectivity index (χ2n) is 4.48. The maximum absolute atomic E-state index is 5.17. The highest BCUT2D eigenvalue weighted by atomic mass is 16.5. The second-order valence-corrected chi connectivity index (χ2v) is 4.48. The molecule has 0 radical (unpaired) electrons.